The molecule has 0 radical (unpaired) electrons. The highest BCUT2D eigenvalue weighted by Crippen LogP contribution is 2.42. The Morgan fingerprint density at radius 1 is 1.12 bits per heavy atom. The molecular weight excluding hydrogens is 442 g/mol. The second kappa shape index (κ2) is 12.6. The van der Waals surface area contributed by atoms with Gasteiger partial charge >= 0.3 is 11.7 Å². The quantitative estimate of drug-likeness (QED) is 0.238. The van der Waals surface area contributed by atoms with E-state index < -0.39 is 10.9 Å². The number of nitrogens with zero attached hydrogens (tertiary/aromatic N) is 5. The Kier molecular flexibility index (Phi) is 9.84. The highest BCUT2D eigenvalue weighted by atomic mass is 16.6. The maximum absolute atomic E-state index is 12.5. The molecule has 2 heterocycles. The first-order valence-electron chi connectivity index (χ1n) is 11.2. The van der Waals surface area contributed by atoms with Gasteiger partial charge in [-0.25, -0.2) is 4.98 Å². The van der Waals surface area contributed by atoms with Crippen LogP contribution in [0.5, 0.6) is 11.8 Å². The van der Waals surface area contributed by atoms with Crippen molar-refractivity contribution in [2.24, 2.45) is 0 Å². The van der Waals surface area contributed by atoms with Crippen LogP contribution in [0.2, 0.25) is 0 Å². The van der Waals surface area contributed by atoms with Gasteiger partial charge in [0.1, 0.15) is 17.9 Å². The van der Waals surface area contributed by atoms with Crippen molar-refractivity contribution in [2.45, 2.75) is 40.5 Å². The van der Waals surface area contributed by atoms with Gasteiger partial charge < -0.3 is 24.0 Å². The summed E-state index contributed by atoms with van der Waals surface area (Å²) in [6.45, 7) is 8.54. The highest BCUT2D eigenvalue weighted by molar-refractivity contribution is 5.86. The molecule has 0 amide bonds. The van der Waals surface area contributed by atoms with Gasteiger partial charge in [-0.15, -0.1) is 0 Å². The summed E-state index contributed by atoms with van der Waals surface area (Å²) in [5.41, 5.74) is 1.13. The van der Waals surface area contributed by atoms with Gasteiger partial charge in [-0.1, -0.05) is 13.3 Å². The SMILES string of the molecule is CCCCN(CC)c1cc(C)nc(N(CC(=O)OCC)c2ccc(OC)nc2OC)c1[N+](=O)[O-]. The zero-order valence-electron chi connectivity index (χ0n) is 20.7. The Bertz CT molecular complexity index is 1000. The van der Waals surface area contributed by atoms with E-state index in [2.05, 4.69) is 16.9 Å². The molecule has 0 atom stereocenters. The Balaban J connectivity index is 2.80. The predicted octanol–water partition coefficient (Wildman–Crippen LogP) is 4.04. The lowest BCUT2D eigenvalue weighted by Crippen LogP contribution is -2.30. The Morgan fingerprint density at radius 2 is 1.85 bits per heavy atom. The largest absolute Gasteiger partial charge is 0.481 e. The average molecular weight is 476 g/mol. The summed E-state index contributed by atoms with van der Waals surface area (Å²) in [6.07, 6.45) is 1.83. The van der Waals surface area contributed by atoms with Crippen LogP contribution in [0.25, 0.3) is 0 Å². The molecule has 0 spiro atoms. The lowest BCUT2D eigenvalue weighted by atomic mass is 10.2. The van der Waals surface area contributed by atoms with Crippen LogP contribution in [0.3, 0.4) is 0 Å². The van der Waals surface area contributed by atoms with Crippen molar-refractivity contribution in [3.8, 4) is 11.8 Å². The van der Waals surface area contributed by atoms with Gasteiger partial charge in [0, 0.05) is 24.8 Å². The third-order valence-electron chi connectivity index (χ3n) is 5.12. The van der Waals surface area contributed by atoms with Crippen LogP contribution in [0.4, 0.5) is 22.9 Å². The van der Waals surface area contributed by atoms with E-state index in [-0.39, 0.29) is 30.5 Å². The van der Waals surface area contributed by atoms with Crippen molar-refractivity contribution in [3.05, 3.63) is 34.0 Å². The Hall–Kier alpha value is -3.63. The zero-order chi connectivity index (χ0) is 25.3. The minimum absolute atomic E-state index is 0.00766. The van der Waals surface area contributed by atoms with E-state index in [9.17, 15) is 14.9 Å². The van der Waals surface area contributed by atoms with Gasteiger partial charge in [-0.05, 0) is 39.3 Å². The van der Waals surface area contributed by atoms with Gasteiger partial charge in [0.2, 0.25) is 17.6 Å². The first-order valence-corrected chi connectivity index (χ1v) is 11.2. The van der Waals surface area contributed by atoms with Crippen molar-refractivity contribution < 1.29 is 23.9 Å². The summed E-state index contributed by atoms with van der Waals surface area (Å²) < 4.78 is 15.7. The monoisotopic (exact) mass is 475 g/mol. The molecule has 0 aromatic carbocycles. The van der Waals surface area contributed by atoms with Gasteiger partial charge in [-0.3, -0.25) is 14.9 Å². The van der Waals surface area contributed by atoms with Crippen LogP contribution in [-0.4, -0.2) is 61.3 Å². The molecule has 2 aromatic heterocycles. The standard InChI is InChI=1S/C23H33N5O6/c1-7-10-13-26(8-2)18-14-16(4)24-22(21(18)28(30)31)27(15-20(29)34-9-3)17-11-12-19(32-5)25-23(17)33-6/h11-12,14H,7-10,13,15H2,1-6H3. The van der Waals surface area contributed by atoms with Crippen LogP contribution in [0, 0.1) is 17.0 Å². The van der Waals surface area contributed by atoms with Crippen molar-refractivity contribution in [3.63, 3.8) is 0 Å². The molecule has 0 aliphatic rings. The van der Waals surface area contributed by atoms with Gasteiger partial charge in [0.25, 0.3) is 0 Å². The van der Waals surface area contributed by atoms with Crippen LogP contribution in [-0.2, 0) is 9.53 Å². The number of nitro groups is 1. The zero-order valence-corrected chi connectivity index (χ0v) is 20.7. The van der Waals surface area contributed by atoms with Gasteiger partial charge in [-0.2, -0.15) is 4.98 Å². The number of rotatable bonds is 13. The van der Waals surface area contributed by atoms with Crippen molar-refractivity contribution in [2.75, 3.05) is 50.3 Å². The Morgan fingerprint density at radius 3 is 2.41 bits per heavy atom. The normalized spacial score (nSPS) is 10.5. The number of aryl methyl sites for hydroxylation is 1. The second-order valence-corrected chi connectivity index (χ2v) is 7.42. The smallest absolute Gasteiger partial charge is 0.335 e. The van der Waals surface area contributed by atoms with Crippen molar-refractivity contribution in [1.29, 1.82) is 0 Å². The summed E-state index contributed by atoms with van der Waals surface area (Å²) in [4.78, 5) is 36.6. The van der Waals surface area contributed by atoms with E-state index in [0.29, 0.717) is 36.0 Å². The van der Waals surface area contributed by atoms with Crippen molar-refractivity contribution >= 4 is 28.8 Å². The summed E-state index contributed by atoms with van der Waals surface area (Å²) in [5.74, 6) is -0.145. The summed E-state index contributed by atoms with van der Waals surface area (Å²) in [5, 5.41) is 12.4. The third-order valence-corrected chi connectivity index (χ3v) is 5.12. The number of unbranched alkanes of at least 4 members (excludes halogenated alkanes) is 1. The molecule has 0 fully saturated rings. The molecule has 0 unspecified atom stereocenters. The molecule has 0 saturated heterocycles. The number of pyridine rings is 2. The molecule has 11 nitrogen and oxygen atoms in total. The number of methoxy groups -OCH3 is 2. The fourth-order valence-corrected chi connectivity index (χ4v) is 3.53. The number of hydrogen-bond acceptors (Lipinski definition) is 10. The molecule has 2 rings (SSSR count). The fourth-order valence-electron chi connectivity index (χ4n) is 3.53. The van der Waals surface area contributed by atoms with E-state index in [1.54, 1.807) is 32.0 Å². The molecule has 0 aliphatic carbocycles. The molecule has 11 heteroatoms. The van der Waals surface area contributed by atoms with Crippen LogP contribution in [0.1, 0.15) is 39.3 Å². The maximum atomic E-state index is 12.5. The van der Waals surface area contributed by atoms with Gasteiger partial charge in [0.15, 0.2) is 0 Å². The Labute approximate surface area is 199 Å². The lowest BCUT2D eigenvalue weighted by molar-refractivity contribution is -0.383. The predicted molar refractivity (Wildman–Crippen MR) is 129 cm³/mol. The molecule has 0 aliphatic heterocycles. The molecule has 186 valence electrons. The lowest BCUT2D eigenvalue weighted by Gasteiger charge is -2.28. The number of anilines is 3. The summed E-state index contributed by atoms with van der Waals surface area (Å²) in [6, 6.07) is 4.90. The van der Waals surface area contributed by atoms with Crippen LogP contribution < -0.4 is 19.3 Å². The summed E-state index contributed by atoms with van der Waals surface area (Å²) in [7, 11) is 2.88. The number of carbonyl (C=O) groups excluding carboxylic acids is 1. The molecule has 2 aromatic rings. The molecule has 0 saturated carbocycles. The number of ether oxygens (including phenoxy) is 3. The van der Waals surface area contributed by atoms with E-state index in [1.165, 1.54) is 19.1 Å². The minimum atomic E-state index is -0.571. The van der Waals surface area contributed by atoms with E-state index in [4.69, 9.17) is 14.2 Å². The van der Waals surface area contributed by atoms with E-state index in [0.717, 1.165) is 12.8 Å². The third kappa shape index (κ3) is 6.24. The van der Waals surface area contributed by atoms with E-state index in [1.807, 2.05) is 11.8 Å². The fraction of sp³-hybridized carbons (Fsp3) is 0.522. The topological polar surface area (TPSA) is 120 Å². The van der Waals surface area contributed by atoms with Gasteiger partial charge in [0.05, 0.1) is 25.7 Å². The second-order valence-electron chi connectivity index (χ2n) is 7.42. The first-order chi connectivity index (χ1) is 16.3. The van der Waals surface area contributed by atoms with Crippen molar-refractivity contribution in [1.82, 2.24) is 9.97 Å². The summed E-state index contributed by atoms with van der Waals surface area (Å²) >= 11 is 0. The number of esters is 1. The molecule has 0 N–H and O–H groups in total. The maximum Gasteiger partial charge on any atom is 0.335 e. The van der Waals surface area contributed by atoms with E-state index >= 15 is 0 Å². The number of carbonyl (C=O) groups is 1. The average Bonchev–Trinajstić information content (AvgIpc) is 2.82. The number of aromatic nitrogens is 2. The minimum Gasteiger partial charge on any atom is -0.481 e. The highest BCUT2D eigenvalue weighted by Gasteiger charge is 2.32. The molecule has 34 heavy (non-hydrogen) atoms. The van der Waals surface area contributed by atoms with Crippen LogP contribution in [0.15, 0.2) is 18.2 Å². The first kappa shape index (κ1) is 26.6. The molecular formula is C23H33N5O6. The van der Waals surface area contributed by atoms with Crippen LogP contribution >= 0.6 is 0 Å². The number of hydrogen-bond donors (Lipinski definition) is 0. The molecule has 0 bridgehead atoms.